The number of piperazine rings is 1. The first-order valence-electron chi connectivity index (χ1n) is 10.1. The summed E-state index contributed by atoms with van der Waals surface area (Å²) in [5.74, 6) is 0.219. The van der Waals surface area contributed by atoms with Crippen LogP contribution in [-0.2, 0) is 11.3 Å². The molecule has 2 N–H and O–H groups in total. The summed E-state index contributed by atoms with van der Waals surface area (Å²) in [6, 6.07) is 8.68. The monoisotopic (exact) mass is 416 g/mol. The van der Waals surface area contributed by atoms with Crippen LogP contribution in [0.2, 0.25) is 0 Å². The van der Waals surface area contributed by atoms with Crippen LogP contribution in [0.3, 0.4) is 0 Å². The van der Waals surface area contributed by atoms with Crippen LogP contribution in [0.25, 0.3) is 0 Å². The topological polar surface area (TPSA) is 63.1 Å². The Morgan fingerprint density at radius 1 is 1.21 bits per heavy atom. The molecule has 2 amide bonds. The number of carbonyl (C=O) groups is 2. The standard InChI is InChI=1S/C22H29N3O3S/c1-16(2)20(23-21(26)18-6-4-5-7-19(18)28-3)22(27)25-11-9-24(10-12-25)14-17-8-13-29-15-17/h4-8,13,15-16,20H,9-12,14H2,1-3H3,(H,23,26)/p+1/t20-/m0/s1. The van der Waals surface area contributed by atoms with Crippen molar-refractivity contribution in [2.24, 2.45) is 5.92 Å². The molecular weight excluding hydrogens is 386 g/mol. The van der Waals surface area contributed by atoms with Crippen LogP contribution in [0.5, 0.6) is 5.75 Å². The van der Waals surface area contributed by atoms with Crippen molar-refractivity contribution in [2.75, 3.05) is 33.3 Å². The number of nitrogens with one attached hydrogen (secondary N) is 2. The molecule has 1 saturated heterocycles. The molecule has 2 heterocycles. The van der Waals surface area contributed by atoms with Gasteiger partial charge in [-0.3, -0.25) is 9.59 Å². The fraction of sp³-hybridized carbons (Fsp3) is 0.455. The van der Waals surface area contributed by atoms with Gasteiger partial charge >= 0.3 is 0 Å². The van der Waals surface area contributed by atoms with E-state index in [-0.39, 0.29) is 17.7 Å². The normalized spacial score (nSPS) is 15.9. The van der Waals surface area contributed by atoms with Gasteiger partial charge in [-0.2, -0.15) is 11.3 Å². The van der Waals surface area contributed by atoms with Crippen molar-refractivity contribution in [2.45, 2.75) is 26.4 Å². The van der Waals surface area contributed by atoms with Crippen molar-refractivity contribution in [1.29, 1.82) is 0 Å². The molecule has 156 valence electrons. The molecule has 1 aromatic heterocycles. The number of quaternary nitrogens is 1. The van der Waals surface area contributed by atoms with Crippen molar-refractivity contribution in [1.82, 2.24) is 10.2 Å². The Morgan fingerprint density at radius 2 is 1.93 bits per heavy atom. The van der Waals surface area contributed by atoms with Crippen LogP contribution < -0.4 is 15.0 Å². The van der Waals surface area contributed by atoms with Crippen molar-refractivity contribution < 1.29 is 19.2 Å². The van der Waals surface area contributed by atoms with E-state index in [9.17, 15) is 9.59 Å². The van der Waals surface area contributed by atoms with Crippen LogP contribution in [-0.4, -0.2) is 56.0 Å². The lowest BCUT2D eigenvalue weighted by atomic mass is 10.0. The number of amides is 2. The Hall–Kier alpha value is -2.38. The number of nitrogens with zero attached hydrogens (tertiary/aromatic N) is 1. The number of benzene rings is 1. The summed E-state index contributed by atoms with van der Waals surface area (Å²) in [7, 11) is 1.54. The van der Waals surface area contributed by atoms with Gasteiger partial charge in [0.25, 0.3) is 5.91 Å². The van der Waals surface area contributed by atoms with E-state index in [1.165, 1.54) is 17.6 Å². The summed E-state index contributed by atoms with van der Waals surface area (Å²) in [5, 5.41) is 7.23. The number of para-hydroxylation sites is 1. The Balaban J connectivity index is 1.60. The number of ether oxygens (including phenoxy) is 1. The van der Waals surface area contributed by atoms with E-state index in [0.29, 0.717) is 24.4 Å². The first kappa shape index (κ1) is 21.3. The highest BCUT2D eigenvalue weighted by atomic mass is 32.1. The first-order valence-corrected chi connectivity index (χ1v) is 11.0. The minimum atomic E-state index is -0.550. The molecular formula is C22H30N3O3S+. The second kappa shape index (κ2) is 9.89. The number of carbonyl (C=O) groups excluding carboxylic acids is 2. The quantitative estimate of drug-likeness (QED) is 0.718. The zero-order valence-corrected chi connectivity index (χ0v) is 18.1. The molecule has 0 bridgehead atoms. The maximum Gasteiger partial charge on any atom is 0.255 e. The van der Waals surface area contributed by atoms with E-state index < -0.39 is 6.04 Å². The molecule has 0 spiro atoms. The maximum atomic E-state index is 13.2. The SMILES string of the molecule is COc1ccccc1C(=O)N[C@H](C(=O)N1CC[NH+](Cc2ccsc2)CC1)C(C)C. The smallest absolute Gasteiger partial charge is 0.255 e. The predicted molar refractivity (Wildman–Crippen MR) is 114 cm³/mol. The Labute approximate surface area is 176 Å². The Morgan fingerprint density at radius 3 is 2.55 bits per heavy atom. The molecule has 0 radical (unpaired) electrons. The molecule has 0 unspecified atom stereocenters. The minimum absolute atomic E-state index is 0.00201. The zero-order chi connectivity index (χ0) is 20.8. The molecule has 2 aromatic rings. The van der Waals surface area contributed by atoms with Crippen molar-refractivity contribution >= 4 is 23.2 Å². The molecule has 29 heavy (non-hydrogen) atoms. The van der Waals surface area contributed by atoms with E-state index in [4.69, 9.17) is 4.74 Å². The van der Waals surface area contributed by atoms with Gasteiger partial charge in [-0.05, 0) is 34.9 Å². The molecule has 1 aromatic carbocycles. The van der Waals surface area contributed by atoms with Gasteiger partial charge in [-0.15, -0.1) is 0 Å². The van der Waals surface area contributed by atoms with Crippen molar-refractivity contribution in [3.63, 3.8) is 0 Å². The minimum Gasteiger partial charge on any atom is -0.496 e. The lowest BCUT2D eigenvalue weighted by Gasteiger charge is -2.35. The molecule has 1 aliphatic heterocycles. The van der Waals surface area contributed by atoms with Crippen LogP contribution in [0.15, 0.2) is 41.1 Å². The second-order valence-electron chi connectivity index (χ2n) is 7.78. The summed E-state index contributed by atoms with van der Waals surface area (Å²) in [6.07, 6.45) is 0. The predicted octanol–water partition coefficient (Wildman–Crippen LogP) is 1.44. The average Bonchev–Trinajstić information content (AvgIpc) is 3.24. The largest absolute Gasteiger partial charge is 0.496 e. The number of rotatable bonds is 7. The highest BCUT2D eigenvalue weighted by Crippen LogP contribution is 2.18. The molecule has 3 rings (SSSR count). The molecule has 0 aliphatic carbocycles. The summed E-state index contributed by atoms with van der Waals surface area (Å²) >= 11 is 1.72. The second-order valence-corrected chi connectivity index (χ2v) is 8.56. The van der Waals surface area contributed by atoms with Crippen LogP contribution in [0, 0.1) is 5.92 Å². The highest BCUT2D eigenvalue weighted by molar-refractivity contribution is 7.07. The number of thiophene rings is 1. The molecule has 7 heteroatoms. The Kier molecular flexibility index (Phi) is 7.28. The van der Waals surface area contributed by atoms with Gasteiger partial charge in [0.15, 0.2) is 0 Å². The summed E-state index contributed by atoms with van der Waals surface area (Å²) in [4.78, 5) is 29.3. The van der Waals surface area contributed by atoms with Crippen molar-refractivity contribution in [3.05, 3.63) is 52.2 Å². The molecule has 1 fully saturated rings. The molecule has 1 aliphatic rings. The number of hydrogen-bond acceptors (Lipinski definition) is 4. The van der Waals surface area contributed by atoms with Gasteiger partial charge in [0.1, 0.15) is 18.3 Å². The highest BCUT2D eigenvalue weighted by Gasteiger charge is 2.32. The van der Waals surface area contributed by atoms with E-state index in [2.05, 4.69) is 22.1 Å². The van der Waals surface area contributed by atoms with Gasteiger partial charge < -0.3 is 19.9 Å². The van der Waals surface area contributed by atoms with Crippen molar-refractivity contribution in [3.8, 4) is 5.75 Å². The Bertz CT molecular complexity index is 814. The summed E-state index contributed by atoms with van der Waals surface area (Å²) in [5.41, 5.74) is 1.80. The van der Waals surface area contributed by atoms with E-state index >= 15 is 0 Å². The van der Waals surface area contributed by atoms with Gasteiger partial charge in [-0.25, -0.2) is 0 Å². The first-order chi connectivity index (χ1) is 14.0. The van der Waals surface area contributed by atoms with E-state index in [1.807, 2.05) is 24.8 Å². The van der Waals surface area contributed by atoms with Gasteiger partial charge in [0.2, 0.25) is 5.91 Å². The number of hydrogen-bond donors (Lipinski definition) is 2. The fourth-order valence-electron chi connectivity index (χ4n) is 3.66. The van der Waals surface area contributed by atoms with Crippen LogP contribution in [0.4, 0.5) is 0 Å². The molecule has 0 saturated carbocycles. The maximum absolute atomic E-state index is 13.2. The van der Waals surface area contributed by atoms with Crippen LogP contribution >= 0.6 is 11.3 Å². The van der Waals surface area contributed by atoms with Gasteiger partial charge in [-0.1, -0.05) is 26.0 Å². The third-order valence-corrected chi connectivity index (χ3v) is 6.12. The lowest BCUT2D eigenvalue weighted by Crippen LogP contribution is -3.13. The summed E-state index contributed by atoms with van der Waals surface area (Å²) in [6.45, 7) is 8.20. The lowest BCUT2D eigenvalue weighted by molar-refractivity contribution is -0.917. The zero-order valence-electron chi connectivity index (χ0n) is 17.3. The number of methoxy groups -OCH3 is 1. The van der Waals surface area contributed by atoms with E-state index in [1.54, 1.807) is 29.5 Å². The van der Waals surface area contributed by atoms with Gasteiger partial charge in [0, 0.05) is 5.56 Å². The molecule has 1 atom stereocenters. The summed E-state index contributed by atoms with van der Waals surface area (Å²) < 4.78 is 5.28. The third kappa shape index (κ3) is 5.36. The van der Waals surface area contributed by atoms with Gasteiger partial charge in [0.05, 0.1) is 38.9 Å². The van der Waals surface area contributed by atoms with E-state index in [0.717, 1.165) is 19.6 Å². The fourth-order valence-corrected chi connectivity index (χ4v) is 4.33. The van der Waals surface area contributed by atoms with Crippen LogP contribution in [0.1, 0.15) is 29.8 Å². The molecule has 6 nitrogen and oxygen atoms in total. The third-order valence-electron chi connectivity index (χ3n) is 5.39. The average molecular weight is 417 g/mol.